The molecule has 0 atom stereocenters. The van der Waals surface area contributed by atoms with E-state index in [2.05, 4.69) is 16.9 Å². The van der Waals surface area contributed by atoms with Crippen LogP contribution in [0.1, 0.15) is 10.5 Å². The maximum Gasteiger partial charge on any atom is 0.270 e. The van der Waals surface area contributed by atoms with Gasteiger partial charge in [-0.05, 0) is 25.2 Å². The van der Waals surface area contributed by atoms with Crippen LogP contribution in [-0.4, -0.2) is 53.9 Å². The molecule has 2 heterocycles. The van der Waals surface area contributed by atoms with Crippen molar-refractivity contribution >= 4 is 34.1 Å². The van der Waals surface area contributed by atoms with Crippen LogP contribution in [0.25, 0.3) is 10.9 Å². The summed E-state index contributed by atoms with van der Waals surface area (Å²) in [6.07, 6.45) is 0. The smallest absolute Gasteiger partial charge is 0.270 e. The summed E-state index contributed by atoms with van der Waals surface area (Å²) in [5, 5.41) is 1.41. The Hall–Kier alpha value is -1.72. The van der Waals surface area contributed by atoms with Gasteiger partial charge in [0.2, 0.25) is 0 Å². The summed E-state index contributed by atoms with van der Waals surface area (Å²) in [4.78, 5) is 19.7. The second-order valence-electron chi connectivity index (χ2n) is 5.25. The number of aromatic nitrogens is 1. The van der Waals surface area contributed by atoms with Gasteiger partial charge < -0.3 is 20.5 Å². The molecule has 0 spiro atoms. The minimum absolute atomic E-state index is 0.0175. The van der Waals surface area contributed by atoms with Gasteiger partial charge in [0.25, 0.3) is 5.91 Å². The van der Waals surface area contributed by atoms with E-state index in [1.807, 2.05) is 17.0 Å². The van der Waals surface area contributed by atoms with Crippen LogP contribution in [0.4, 0.5) is 5.69 Å². The van der Waals surface area contributed by atoms with E-state index in [9.17, 15) is 4.79 Å². The van der Waals surface area contributed by atoms with E-state index >= 15 is 0 Å². The van der Waals surface area contributed by atoms with Crippen molar-refractivity contribution < 1.29 is 4.79 Å². The Morgan fingerprint density at radius 1 is 1.25 bits per heavy atom. The standard InChI is InChI=1S/C14H17ClN4O/c1-18-2-4-19(5-3-18)14(20)12-7-9-6-10(16)8-11(15)13(9)17-12/h6-8,17H,2-5,16H2,1H3. The number of likely N-dealkylation sites (N-methyl/N-ethyl adjacent to an activating group) is 1. The largest absolute Gasteiger partial charge is 0.399 e. The number of carbonyl (C=O) groups is 1. The van der Waals surface area contributed by atoms with Crippen molar-refractivity contribution in [2.45, 2.75) is 0 Å². The number of nitrogens with two attached hydrogens (primary N) is 1. The summed E-state index contributed by atoms with van der Waals surface area (Å²) in [5.41, 5.74) is 7.70. The highest BCUT2D eigenvalue weighted by molar-refractivity contribution is 6.35. The summed E-state index contributed by atoms with van der Waals surface area (Å²) >= 11 is 6.14. The first kappa shape index (κ1) is 13.3. The number of fused-ring (bicyclic) bond motifs is 1. The molecule has 3 rings (SSSR count). The van der Waals surface area contributed by atoms with Crippen LogP contribution in [0.3, 0.4) is 0 Å². The predicted molar refractivity (Wildman–Crippen MR) is 81.1 cm³/mol. The van der Waals surface area contributed by atoms with Gasteiger partial charge in [-0.2, -0.15) is 0 Å². The van der Waals surface area contributed by atoms with Crippen LogP contribution < -0.4 is 5.73 Å². The third kappa shape index (κ3) is 2.34. The molecule has 1 saturated heterocycles. The minimum atomic E-state index is 0.0175. The number of rotatable bonds is 1. The van der Waals surface area contributed by atoms with Gasteiger partial charge in [0.05, 0.1) is 10.5 Å². The summed E-state index contributed by atoms with van der Waals surface area (Å²) in [5.74, 6) is 0.0175. The molecule has 0 unspecified atom stereocenters. The number of hydrogen-bond donors (Lipinski definition) is 2. The Morgan fingerprint density at radius 3 is 2.65 bits per heavy atom. The number of benzene rings is 1. The van der Waals surface area contributed by atoms with Crippen LogP contribution in [0, 0.1) is 0 Å². The number of nitrogens with zero attached hydrogens (tertiary/aromatic N) is 2. The Kier molecular flexibility index (Phi) is 3.31. The van der Waals surface area contributed by atoms with Crippen molar-refractivity contribution in [3.63, 3.8) is 0 Å². The molecule has 5 nitrogen and oxygen atoms in total. The van der Waals surface area contributed by atoms with E-state index in [4.69, 9.17) is 17.3 Å². The van der Waals surface area contributed by atoms with Crippen molar-refractivity contribution in [1.82, 2.24) is 14.8 Å². The van der Waals surface area contributed by atoms with Crippen molar-refractivity contribution in [3.8, 4) is 0 Å². The second kappa shape index (κ2) is 5.00. The molecule has 0 bridgehead atoms. The average molecular weight is 293 g/mol. The van der Waals surface area contributed by atoms with Crippen molar-refractivity contribution in [2.75, 3.05) is 39.0 Å². The number of nitrogen functional groups attached to an aromatic ring is 1. The van der Waals surface area contributed by atoms with Gasteiger partial charge >= 0.3 is 0 Å². The third-order valence-corrected chi connectivity index (χ3v) is 4.02. The Labute approximate surface area is 122 Å². The van der Waals surface area contributed by atoms with Gasteiger partial charge in [-0.25, -0.2) is 0 Å². The molecule has 20 heavy (non-hydrogen) atoms. The fourth-order valence-corrected chi connectivity index (χ4v) is 2.80. The number of amides is 1. The molecule has 106 valence electrons. The first-order valence-corrected chi connectivity index (χ1v) is 6.98. The van der Waals surface area contributed by atoms with Crippen LogP contribution >= 0.6 is 11.6 Å². The first-order valence-electron chi connectivity index (χ1n) is 6.60. The zero-order valence-electron chi connectivity index (χ0n) is 11.3. The summed E-state index contributed by atoms with van der Waals surface area (Å²) < 4.78 is 0. The van der Waals surface area contributed by atoms with Crippen LogP contribution in [0.5, 0.6) is 0 Å². The van der Waals surface area contributed by atoms with E-state index in [0.29, 0.717) is 16.4 Å². The second-order valence-corrected chi connectivity index (χ2v) is 5.65. The molecule has 0 saturated carbocycles. The highest BCUT2D eigenvalue weighted by Crippen LogP contribution is 2.27. The monoisotopic (exact) mass is 292 g/mol. The quantitative estimate of drug-likeness (QED) is 0.788. The molecule has 1 fully saturated rings. The lowest BCUT2D eigenvalue weighted by Crippen LogP contribution is -2.47. The Bertz CT molecular complexity index is 658. The van der Waals surface area contributed by atoms with Gasteiger partial charge in [-0.15, -0.1) is 0 Å². The maximum atomic E-state index is 12.5. The van der Waals surface area contributed by atoms with Crippen LogP contribution in [0.15, 0.2) is 18.2 Å². The fraction of sp³-hybridized carbons (Fsp3) is 0.357. The Morgan fingerprint density at radius 2 is 1.95 bits per heavy atom. The number of piperazine rings is 1. The van der Waals surface area contributed by atoms with E-state index in [-0.39, 0.29) is 5.91 Å². The number of nitrogens with one attached hydrogen (secondary N) is 1. The summed E-state index contributed by atoms with van der Waals surface area (Å²) in [6, 6.07) is 5.32. The molecule has 0 radical (unpaired) electrons. The van der Waals surface area contributed by atoms with E-state index in [1.165, 1.54) is 0 Å². The number of carbonyl (C=O) groups excluding carboxylic acids is 1. The predicted octanol–water partition coefficient (Wildman–Crippen LogP) is 1.79. The molecular weight excluding hydrogens is 276 g/mol. The lowest BCUT2D eigenvalue weighted by molar-refractivity contribution is 0.0659. The molecule has 2 aromatic rings. The normalized spacial score (nSPS) is 16.8. The molecule has 3 N–H and O–H groups in total. The molecular formula is C14H17ClN4O. The van der Waals surface area contributed by atoms with Gasteiger partial charge in [0, 0.05) is 37.3 Å². The van der Waals surface area contributed by atoms with Crippen molar-refractivity contribution in [1.29, 1.82) is 0 Å². The summed E-state index contributed by atoms with van der Waals surface area (Å²) in [7, 11) is 2.06. The maximum absolute atomic E-state index is 12.5. The number of aromatic amines is 1. The molecule has 1 aliphatic heterocycles. The van der Waals surface area contributed by atoms with Gasteiger partial charge in [-0.3, -0.25) is 4.79 Å². The molecule has 1 amide bonds. The van der Waals surface area contributed by atoms with Crippen molar-refractivity contribution in [2.24, 2.45) is 0 Å². The van der Waals surface area contributed by atoms with Crippen molar-refractivity contribution in [3.05, 3.63) is 28.9 Å². The molecule has 1 aromatic heterocycles. The molecule has 6 heteroatoms. The van der Waals surface area contributed by atoms with Gasteiger partial charge in [0.1, 0.15) is 5.69 Å². The summed E-state index contributed by atoms with van der Waals surface area (Å²) in [6.45, 7) is 3.31. The highest BCUT2D eigenvalue weighted by Gasteiger charge is 2.22. The minimum Gasteiger partial charge on any atom is -0.399 e. The highest BCUT2D eigenvalue weighted by atomic mass is 35.5. The zero-order chi connectivity index (χ0) is 14.3. The SMILES string of the molecule is CN1CCN(C(=O)c2cc3cc(N)cc(Cl)c3[nH]2)CC1. The van der Waals surface area contributed by atoms with Gasteiger partial charge in [-0.1, -0.05) is 11.6 Å². The van der Waals surface area contributed by atoms with E-state index in [0.717, 1.165) is 37.1 Å². The topological polar surface area (TPSA) is 65.4 Å². The molecule has 0 aliphatic carbocycles. The average Bonchev–Trinajstić information content (AvgIpc) is 2.83. The third-order valence-electron chi connectivity index (χ3n) is 3.72. The van der Waals surface area contributed by atoms with E-state index in [1.54, 1.807) is 6.07 Å². The van der Waals surface area contributed by atoms with E-state index < -0.39 is 0 Å². The molecule has 1 aliphatic rings. The van der Waals surface area contributed by atoms with Crippen LogP contribution in [0.2, 0.25) is 5.02 Å². The fourth-order valence-electron chi connectivity index (χ4n) is 2.52. The molecule has 1 aromatic carbocycles. The number of H-pyrrole nitrogens is 1. The number of anilines is 1. The Balaban J connectivity index is 1.90. The van der Waals surface area contributed by atoms with Crippen LogP contribution in [-0.2, 0) is 0 Å². The number of hydrogen-bond acceptors (Lipinski definition) is 3. The zero-order valence-corrected chi connectivity index (χ0v) is 12.1. The lowest BCUT2D eigenvalue weighted by Gasteiger charge is -2.32. The van der Waals surface area contributed by atoms with Gasteiger partial charge in [0.15, 0.2) is 0 Å². The lowest BCUT2D eigenvalue weighted by atomic mass is 10.2. The number of halogens is 1. The first-order chi connectivity index (χ1) is 9.54.